The number of carbonyl (C=O) groups excluding carboxylic acids is 1. The summed E-state index contributed by atoms with van der Waals surface area (Å²) in [6, 6.07) is 12.8. The molecule has 0 fully saturated rings. The second-order valence-electron chi connectivity index (χ2n) is 4.10. The quantitative estimate of drug-likeness (QED) is 0.430. The molecule has 21 heavy (non-hydrogen) atoms. The topological polar surface area (TPSA) is 50.7 Å². The number of methoxy groups -OCH3 is 1. The minimum atomic E-state index is -0.246. The third-order valence-electron chi connectivity index (χ3n) is 2.66. The number of benzene rings is 2. The fourth-order valence-corrected chi connectivity index (χ4v) is 2.49. The van der Waals surface area contributed by atoms with Gasteiger partial charge in [-0.15, -0.1) is 0 Å². The molecule has 0 saturated heterocycles. The van der Waals surface area contributed by atoms with E-state index < -0.39 is 0 Å². The number of carbonyl (C=O) groups is 1. The molecule has 0 saturated carbocycles. The first-order chi connectivity index (χ1) is 10.1. The largest absolute Gasteiger partial charge is 0.497 e. The summed E-state index contributed by atoms with van der Waals surface area (Å²) in [4.78, 5) is 11.9. The van der Waals surface area contributed by atoms with Gasteiger partial charge in [-0.05, 0) is 59.0 Å². The summed E-state index contributed by atoms with van der Waals surface area (Å²) in [5, 5.41) is 3.97. The number of nitrogens with one attached hydrogen (secondary N) is 1. The Morgan fingerprint density at radius 1 is 1.33 bits per heavy atom. The van der Waals surface area contributed by atoms with E-state index in [1.54, 1.807) is 25.5 Å². The average Bonchev–Trinajstić information content (AvgIpc) is 2.49. The van der Waals surface area contributed by atoms with E-state index in [-0.39, 0.29) is 5.91 Å². The minimum absolute atomic E-state index is 0.246. The maximum Gasteiger partial charge on any atom is 0.271 e. The number of halogens is 2. The van der Waals surface area contributed by atoms with Gasteiger partial charge in [0.1, 0.15) is 5.75 Å². The zero-order valence-corrected chi connectivity index (χ0v) is 14.9. The Bertz CT molecular complexity index is 689. The maximum atomic E-state index is 11.9. The fraction of sp³-hybridized carbons (Fsp3) is 0.0667. The molecule has 1 amide bonds. The van der Waals surface area contributed by atoms with Gasteiger partial charge in [-0.3, -0.25) is 4.79 Å². The molecule has 2 aromatic carbocycles. The van der Waals surface area contributed by atoms with E-state index in [9.17, 15) is 4.79 Å². The number of hydrazone groups is 1. The van der Waals surface area contributed by atoms with Gasteiger partial charge in [0.25, 0.3) is 5.91 Å². The first-order valence-electron chi connectivity index (χ1n) is 6.02. The lowest BCUT2D eigenvalue weighted by atomic mass is 10.2. The van der Waals surface area contributed by atoms with Crippen LogP contribution in [0.2, 0.25) is 0 Å². The first-order valence-corrected chi connectivity index (χ1v) is 7.90. The van der Waals surface area contributed by atoms with Crippen molar-refractivity contribution in [2.75, 3.05) is 7.11 Å². The molecule has 0 aliphatic carbocycles. The number of rotatable bonds is 4. The number of amides is 1. The van der Waals surface area contributed by atoms with Crippen LogP contribution in [0.25, 0.3) is 0 Å². The molecule has 2 aromatic rings. The van der Waals surface area contributed by atoms with Crippen molar-refractivity contribution in [3.8, 4) is 5.75 Å². The monoisotopic (exact) mass is 458 g/mol. The van der Waals surface area contributed by atoms with Crippen LogP contribution in [0.4, 0.5) is 0 Å². The smallest absolute Gasteiger partial charge is 0.271 e. The summed E-state index contributed by atoms with van der Waals surface area (Å²) >= 11 is 5.58. The molecule has 0 aliphatic heterocycles. The lowest BCUT2D eigenvalue weighted by Crippen LogP contribution is -2.17. The van der Waals surface area contributed by atoms with Gasteiger partial charge in [-0.2, -0.15) is 5.10 Å². The summed E-state index contributed by atoms with van der Waals surface area (Å²) < 4.78 is 7.02. The van der Waals surface area contributed by atoms with Gasteiger partial charge < -0.3 is 4.74 Å². The third kappa shape index (κ3) is 4.53. The van der Waals surface area contributed by atoms with Crippen LogP contribution in [0.5, 0.6) is 5.75 Å². The molecular weight excluding hydrogens is 447 g/mol. The van der Waals surface area contributed by atoms with Crippen molar-refractivity contribution in [1.29, 1.82) is 0 Å². The van der Waals surface area contributed by atoms with Crippen LogP contribution in [0, 0.1) is 3.57 Å². The third-order valence-corrected chi connectivity index (χ3v) is 4.05. The van der Waals surface area contributed by atoms with E-state index in [0.717, 1.165) is 19.4 Å². The van der Waals surface area contributed by atoms with Gasteiger partial charge in [0.2, 0.25) is 0 Å². The number of nitrogens with zero attached hydrogens (tertiary/aromatic N) is 1. The van der Waals surface area contributed by atoms with E-state index in [1.807, 2.05) is 30.3 Å². The summed E-state index contributed by atoms with van der Waals surface area (Å²) in [5.74, 6) is 0.479. The molecule has 1 N–H and O–H groups in total. The van der Waals surface area contributed by atoms with E-state index in [0.29, 0.717) is 5.56 Å². The van der Waals surface area contributed by atoms with Gasteiger partial charge in [0.05, 0.1) is 13.3 Å². The Balaban J connectivity index is 2.07. The van der Waals surface area contributed by atoms with Gasteiger partial charge in [-0.1, -0.05) is 22.0 Å². The van der Waals surface area contributed by atoms with Crippen LogP contribution in [-0.4, -0.2) is 19.2 Å². The molecule has 6 heteroatoms. The first kappa shape index (κ1) is 16.0. The summed E-state index contributed by atoms with van der Waals surface area (Å²) in [6.45, 7) is 0. The summed E-state index contributed by atoms with van der Waals surface area (Å²) in [7, 11) is 1.60. The molecule has 0 atom stereocenters. The van der Waals surface area contributed by atoms with Crippen molar-refractivity contribution in [2.24, 2.45) is 5.10 Å². The van der Waals surface area contributed by atoms with Crippen LogP contribution < -0.4 is 10.2 Å². The Morgan fingerprint density at radius 2 is 2.14 bits per heavy atom. The average molecular weight is 459 g/mol. The van der Waals surface area contributed by atoms with Crippen molar-refractivity contribution in [3.63, 3.8) is 0 Å². The van der Waals surface area contributed by atoms with Crippen LogP contribution >= 0.6 is 38.5 Å². The van der Waals surface area contributed by atoms with Gasteiger partial charge in [0.15, 0.2) is 0 Å². The molecule has 0 bridgehead atoms. The molecule has 0 unspecified atom stereocenters. The minimum Gasteiger partial charge on any atom is -0.497 e. The lowest BCUT2D eigenvalue weighted by Gasteiger charge is -2.03. The van der Waals surface area contributed by atoms with Crippen molar-refractivity contribution in [1.82, 2.24) is 5.43 Å². The number of hydrogen-bond acceptors (Lipinski definition) is 3. The maximum absolute atomic E-state index is 11.9. The highest BCUT2D eigenvalue weighted by atomic mass is 127. The van der Waals surface area contributed by atoms with Crippen LogP contribution in [0.3, 0.4) is 0 Å². The fourth-order valence-electron chi connectivity index (χ4n) is 1.60. The van der Waals surface area contributed by atoms with Crippen LogP contribution in [0.1, 0.15) is 15.9 Å². The Hall–Kier alpha value is -1.41. The van der Waals surface area contributed by atoms with Crippen LogP contribution in [-0.2, 0) is 0 Å². The highest BCUT2D eigenvalue weighted by Gasteiger charge is 2.04. The van der Waals surface area contributed by atoms with Crippen molar-refractivity contribution in [2.45, 2.75) is 0 Å². The summed E-state index contributed by atoms with van der Waals surface area (Å²) in [5.41, 5.74) is 3.89. The molecule has 0 heterocycles. The predicted molar refractivity (Wildman–Crippen MR) is 94.9 cm³/mol. The standard InChI is InChI=1S/C15H12BrIN2O2/c1-21-13-5-6-14(16)11(8-13)9-18-19-15(20)10-3-2-4-12(17)7-10/h2-9H,1H3,(H,19,20)/b18-9-. The predicted octanol–water partition coefficient (Wildman–Crippen LogP) is 3.83. The molecule has 0 spiro atoms. The Kier molecular flexibility index (Phi) is 5.75. The lowest BCUT2D eigenvalue weighted by molar-refractivity contribution is 0.0955. The van der Waals surface area contributed by atoms with Gasteiger partial charge >= 0.3 is 0 Å². The molecule has 0 aromatic heterocycles. The van der Waals surface area contributed by atoms with Crippen molar-refractivity contribution in [3.05, 3.63) is 61.6 Å². The highest BCUT2D eigenvalue weighted by Crippen LogP contribution is 2.20. The second-order valence-corrected chi connectivity index (χ2v) is 6.20. The van der Waals surface area contributed by atoms with Crippen molar-refractivity contribution < 1.29 is 9.53 Å². The van der Waals surface area contributed by atoms with E-state index >= 15 is 0 Å². The van der Waals surface area contributed by atoms with Crippen LogP contribution in [0.15, 0.2) is 52.0 Å². The van der Waals surface area contributed by atoms with Gasteiger partial charge in [-0.25, -0.2) is 5.43 Å². The zero-order valence-electron chi connectivity index (χ0n) is 11.1. The SMILES string of the molecule is COc1ccc(Br)c(/C=N\NC(=O)c2cccc(I)c2)c1. The summed E-state index contributed by atoms with van der Waals surface area (Å²) in [6.07, 6.45) is 1.57. The van der Waals surface area contributed by atoms with E-state index in [2.05, 4.69) is 49.0 Å². The van der Waals surface area contributed by atoms with Gasteiger partial charge in [0, 0.05) is 19.2 Å². The Morgan fingerprint density at radius 3 is 2.86 bits per heavy atom. The Labute approximate surface area is 144 Å². The molecule has 2 rings (SSSR count). The molecular formula is C15H12BrIN2O2. The van der Waals surface area contributed by atoms with E-state index in [4.69, 9.17) is 4.74 Å². The number of hydrogen-bond donors (Lipinski definition) is 1. The molecule has 0 radical (unpaired) electrons. The molecule has 0 aliphatic rings. The van der Waals surface area contributed by atoms with Crippen molar-refractivity contribution >= 4 is 50.6 Å². The molecule has 108 valence electrons. The normalized spacial score (nSPS) is 10.6. The molecule has 4 nitrogen and oxygen atoms in total. The van der Waals surface area contributed by atoms with E-state index in [1.165, 1.54) is 0 Å². The zero-order chi connectivity index (χ0) is 15.2. The second kappa shape index (κ2) is 7.56. The highest BCUT2D eigenvalue weighted by molar-refractivity contribution is 14.1. The number of ether oxygens (including phenoxy) is 1.